The van der Waals surface area contributed by atoms with Gasteiger partial charge >= 0.3 is 5.97 Å². The predicted octanol–water partition coefficient (Wildman–Crippen LogP) is 4.05. The van der Waals surface area contributed by atoms with Gasteiger partial charge in [-0.05, 0) is 42.0 Å². The summed E-state index contributed by atoms with van der Waals surface area (Å²) in [6.07, 6.45) is 0. The number of carbonyl (C=O) groups is 1. The summed E-state index contributed by atoms with van der Waals surface area (Å²) in [5.41, 5.74) is 1.09. The number of sulfonamides is 1. The molecule has 10 heteroatoms. The Morgan fingerprint density at radius 1 is 1.14 bits per heavy atom. The van der Waals surface area contributed by atoms with Gasteiger partial charge < -0.3 is 9.47 Å². The van der Waals surface area contributed by atoms with E-state index in [0.29, 0.717) is 15.4 Å². The number of thioether (sulfide) groups is 2. The average molecular weight is 474 g/mol. The van der Waals surface area contributed by atoms with Crippen LogP contribution in [0, 0.1) is 0 Å². The van der Waals surface area contributed by atoms with Crippen molar-refractivity contribution < 1.29 is 22.7 Å². The van der Waals surface area contributed by atoms with E-state index in [0.717, 1.165) is 21.4 Å². The highest BCUT2D eigenvalue weighted by molar-refractivity contribution is 8.19. The molecule has 2 aromatic rings. The first kappa shape index (κ1) is 22.3. The third kappa shape index (κ3) is 5.40. The lowest BCUT2D eigenvalue weighted by molar-refractivity contribution is -0.134. The molecule has 0 radical (unpaired) electrons. The van der Waals surface area contributed by atoms with Crippen LogP contribution < -0.4 is 9.47 Å². The maximum atomic E-state index is 12.6. The van der Waals surface area contributed by atoms with Crippen LogP contribution in [0.3, 0.4) is 0 Å². The van der Waals surface area contributed by atoms with Crippen molar-refractivity contribution in [2.24, 2.45) is 0 Å². The number of halogens is 1. The molecule has 156 valence electrons. The second-order valence-corrected chi connectivity index (χ2v) is 11.4. The normalized spacial score (nSPS) is 14.9. The van der Waals surface area contributed by atoms with Gasteiger partial charge in [0.15, 0.2) is 11.5 Å². The van der Waals surface area contributed by atoms with E-state index in [-0.39, 0.29) is 10.6 Å². The Kier molecular flexibility index (Phi) is 7.39. The molecule has 1 fully saturated rings. The SMILES string of the molecule is COc1cc(C2SCCS2)ccc1OC(=O)CN(C)S(=O)(=O)c1ccc(Cl)cc1. The molecule has 2 aromatic carbocycles. The second kappa shape index (κ2) is 9.61. The Hall–Kier alpha value is -1.39. The first-order chi connectivity index (χ1) is 13.8. The van der Waals surface area contributed by atoms with Crippen molar-refractivity contribution in [3.63, 3.8) is 0 Å². The van der Waals surface area contributed by atoms with Crippen molar-refractivity contribution in [2.75, 3.05) is 32.2 Å². The van der Waals surface area contributed by atoms with Gasteiger partial charge in [-0.15, -0.1) is 23.5 Å². The Bertz CT molecular complexity index is 976. The Morgan fingerprint density at radius 3 is 2.41 bits per heavy atom. The molecule has 3 rings (SSSR count). The summed E-state index contributed by atoms with van der Waals surface area (Å²) >= 11 is 9.52. The summed E-state index contributed by atoms with van der Waals surface area (Å²) in [7, 11) is -1.02. The van der Waals surface area contributed by atoms with Crippen LogP contribution in [0.15, 0.2) is 47.4 Å². The van der Waals surface area contributed by atoms with Gasteiger partial charge in [0.05, 0.1) is 16.6 Å². The minimum absolute atomic E-state index is 0.0469. The molecule has 0 atom stereocenters. The van der Waals surface area contributed by atoms with Crippen LogP contribution in [0.2, 0.25) is 5.02 Å². The van der Waals surface area contributed by atoms with E-state index in [9.17, 15) is 13.2 Å². The van der Waals surface area contributed by atoms with E-state index < -0.39 is 22.5 Å². The van der Waals surface area contributed by atoms with E-state index in [4.69, 9.17) is 21.1 Å². The molecule has 1 aliphatic heterocycles. The van der Waals surface area contributed by atoms with Crippen LogP contribution in [0.5, 0.6) is 11.5 Å². The van der Waals surface area contributed by atoms with Crippen LogP contribution in [-0.2, 0) is 14.8 Å². The smallest absolute Gasteiger partial charge is 0.326 e. The average Bonchev–Trinajstić information content (AvgIpc) is 3.23. The highest BCUT2D eigenvalue weighted by atomic mass is 35.5. The number of likely N-dealkylation sites (N-methyl/N-ethyl adjacent to an activating group) is 1. The predicted molar refractivity (Wildman–Crippen MR) is 118 cm³/mol. The molecular weight excluding hydrogens is 454 g/mol. The topological polar surface area (TPSA) is 72.9 Å². The lowest BCUT2D eigenvalue weighted by Gasteiger charge is -2.17. The second-order valence-electron chi connectivity index (χ2n) is 6.17. The molecule has 6 nitrogen and oxygen atoms in total. The van der Waals surface area contributed by atoms with Gasteiger partial charge in [-0.1, -0.05) is 17.7 Å². The standard InChI is InChI=1S/C19H20ClNO5S3/c1-21(29(23,24)15-6-4-14(20)5-7-15)12-18(22)26-16-8-3-13(11-17(16)25-2)19-27-9-10-28-19/h3-8,11,19H,9-10,12H2,1-2H3. The van der Waals surface area contributed by atoms with Crippen molar-refractivity contribution in [1.29, 1.82) is 0 Å². The first-order valence-electron chi connectivity index (χ1n) is 8.65. The number of hydrogen-bond acceptors (Lipinski definition) is 7. The van der Waals surface area contributed by atoms with Crippen molar-refractivity contribution in [3.8, 4) is 11.5 Å². The zero-order valence-electron chi connectivity index (χ0n) is 15.8. The molecule has 0 N–H and O–H groups in total. The Morgan fingerprint density at radius 2 is 1.79 bits per heavy atom. The monoisotopic (exact) mass is 473 g/mol. The zero-order chi connectivity index (χ0) is 21.0. The van der Waals surface area contributed by atoms with Crippen LogP contribution in [-0.4, -0.2) is 50.9 Å². The summed E-state index contributed by atoms with van der Waals surface area (Å²) in [6, 6.07) is 11.2. The van der Waals surface area contributed by atoms with Crippen LogP contribution >= 0.6 is 35.1 Å². The molecule has 0 spiro atoms. The van der Waals surface area contributed by atoms with Crippen LogP contribution in [0.25, 0.3) is 0 Å². The number of carbonyl (C=O) groups excluding carboxylic acids is 1. The summed E-state index contributed by atoms with van der Waals surface area (Å²) in [4.78, 5) is 12.4. The van der Waals surface area contributed by atoms with Gasteiger partial charge in [-0.25, -0.2) is 8.42 Å². The van der Waals surface area contributed by atoms with Crippen LogP contribution in [0.1, 0.15) is 10.1 Å². The molecule has 0 aliphatic carbocycles. The van der Waals surface area contributed by atoms with Gasteiger partial charge in [-0.3, -0.25) is 4.79 Å². The molecule has 0 amide bonds. The fourth-order valence-corrected chi connectivity index (χ4v) is 6.75. The van der Waals surface area contributed by atoms with Crippen molar-refractivity contribution in [2.45, 2.75) is 9.48 Å². The number of methoxy groups -OCH3 is 1. The van der Waals surface area contributed by atoms with Gasteiger partial charge in [-0.2, -0.15) is 4.31 Å². The third-order valence-electron chi connectivity index (χ3n) is 4.18. The Balaban J connectivity index is 1.69. The van der Waals surface area contributed by atoms with E-state index in [1.165, 1.54) is 38.4 Å². The minimum atomic E-state index is -3.84. The van der Waals surface area contributed by atoms with Crippen molar-refractivity contribution >= 4 is 51.1 Å². The highest BCUT2D eigenvalue weighted by Gasteiger charge is 2.25. The number of benzene rings is 2. The lowest BCUT2D eigenvalue weighted by Crippen LogP contribution is -2.34. The van der Waals surface area contributed by atoms with Crippen molar-refractivity contribution in [3.05, 3.63) is 53.1 Å². The highest BCUT2D eigenvalue weighted by Crippen LogP contribution is 2.46. The summed E-state index contributed by atoms with van der Waals surface area (Å²) in [5, 5.41) is 0.427. The Labute approximate surface area is 183 Å². The number of nitrogens with zero attached hydrogens (tertiary/aromatic N) is 1. The fraction of sp³-hybridized carbons (Fsp3) is 0.316. The van der Waals surface area contributed by atoms with Crippen molar-refractivity contribution in [1.82, 2.24) is 4.31 Å². The number of hydrogen-bond donors (Lipinski definition) is 0. The van der Waals surface area contributed by atoms with E-state index in [1.807, 2.05) is 35.7 Å². The lowest BCUT2D eigenvalue weighted by atomic mass is 10.2. The van der Waals surface area contributed by atoms with Crippen LogP contribution in [0.4, 0.5) is 0 Å². The van der Waals surface area contributed by atoms with E-state index in [2.05, 4.69) is 0 Å². The van der Waals surface area contributed by atoms with Gasteiger partial charge in [0.2, 0.25) is 10.0 Å². The van der Waals surface area contributed by atoms with E-state index >= 15 is 0 Å². The van der Waals surface area contributed by atoms with Gasteiger partial charge in [0.1, 0.15) is 6.54 Å². The number of ether oxygens (including phenoxy) is 2. The number of rotatable bonds is 7. The summed E-state index contributed by atoms with van der Waals surface area (Å²) in [5.74, 6) is 2.19. The minimum Gasteiger partial charge on any atom is -0.493 e. The van der Waals surface area contributed by atoms with E-state index in [1.54, 1.807) is 6.07 Å². The summed E-state index contributed by atoms with van der Waals surface area (Å²) in [6.45, 7) is -0.440. The molecule has 1 saturated heterocycles. The first-order valence-corrected chi connectivity index (χ1v) is 12.6. The summed E-state index contributed by atoms with van der Waals surface area (Å²) < 4.78 is 37.2. The molecule has 29 heavy (non-hydrogen) atoms. The maximum Gasteiger partial charge on any atom is 0.326 e. The van der Waals surface area contributed by atoms with Gasteiger partial charge in [0, 0.05) is 23.6 Å². The molecule has 1 aliphatic rings. The maximum absolute atomic E-state index is 12.6. The third-order valence-corrected chi connectivity index (χ3v) is 9.35. The number of esters is 1. The zero-order valence-corrected chi connectivity index (χ0v) is 19.0. The molecular formula is C19H20ClNO5S3. The molecule has 0 bridgehead atoms. The quantitative estimate of drug-likeness (QED) is 0.443. The molecule has 0 saturated carbocycles. The molecule has 1 heterocycles. The molecule has 0 unspecified atom stereocenters. The van der Waals surface area contributed by atoms with Gasteiger partial charge in [0.25, 0.3) is 0 Å². The largest absolute Gasteiger partial charge is 0.493 e. The molecule has 0 aromatic heterocycles. The fourth-order valence-electron chi connectivity index (χ4n) is 2.67.